The van der Waals surface area contributed by atoms with Gasteiger partial charge in [-0.2, -0.15) is 5.26 Å². The minimum atomic E-state index is -0.799. The van der Waals surface area contributed by atoms with E-state index in [1.807, 2.05) is 4.90 Å². The number of pyridine rings is 1. The van der Waals surface area contributed by atoms with Gasteiger partial charge in [0.05, 0.1) is 22.7 Å². The molecule has 1 N–H and O–H groups in total. The van der Waals surface area contributed by atoms with Crippen molar-refractivity contribution in [2.45, 2.75) is 6.42 Å². The average Bonchev–Trinajstić information content (AvgIpc) is 2.95. The van der Waals surface area contributed by atoms with Crippen molar-refractivity contribution in [3.8, 4) is 6.07 Å². The number of fused-ring (bicyclic) bond motifs is 1. The highest BCUT2D eigenvalue weighted by Gasteiger charge is 2.30. The van der Waals surface area contributed by atoms with Crippen LogP contribution in [0.4, 0.5) is 5.69 Å². The van der Waals surface area contributed by atoms with Gasteiger partial charge in [0.25, 0.3) is 0 Å². The second kappa shape index (κ2) is 5.23. The van der Waals surface area contributed by atoms with Crippen LogP contribution < -0.4 is 4.90 Å². The Morgan fingerprint density at radius 1 is 1.52 bits per heavy atom. The maximum Gasteiger partial charge on any atom is 0.308 e. The summed E-state index contributed by atoms with van der Waals surface area (Å²) in [5.41, 5.74) is 1.91. The molecule has 5 nitrogen and oxygen atoms in total. The van der Waals surface area contributed by atoms with Crippen LogP contribution in [0, 0.1) is 17.2 Å². The fourth-order valence-corrected chi connectivity index (χ4v) is 2.91. The molecule has 0 amide bonds. The third-order valence-corrected chi connectivity index (χ3v) is 4.01. The monoisotopic (exact) mass is 301 g/mol. The van der Waals surface area contributed by atoms with Crippen LogP contribution in [0.3, 0.4) is 0 Å². The molecule has 1 aromatic carbocycles. The summed E-state index contributed by atoms with van der Waals surface area (Å²) in [6, 6.07) is 7.45. The first-order chi connectivity index (χ1) is 10.1. The lowest BCUT2D eigenvalue weighted by Gasteiger charge is -2.21. The van der Waals surface area contributed by atoms with Crippen molar-refractivity contribution in [2.75, 3.05) is 18.0 Å². The van der Waals surface area contributed by atoms with Gasteiger partial charge in [-0.1, -0.05) is 11.6 Å². The normalized spacial score (nSPS) is 17.9. The molecule has 0 bridgehead atoms. The highest BCUT2D eigenvalue weighted by molar-refractivity contribution is 6.31. The first-order valence-corrected chi connectivity index (χ1v) is 6.94. The highest BCUT2D eigenvalue weighted by Crippen LogP contribution is 2.34. The van der Waals surface area contributed by atoms with Gasteiger partial charge in [-0.15, -0.1) is 0 Å². The summed E-state index contributed by atoms with van der Waals surface area (Å²) in [5, 5.41) is 19.8. The zero-order valence-corrected chi connectivity index (χ0v) is 11.8. The van der Waals surface area contributed by atoms with Crippen molar-refractivity contribution in [3.05, 3.63) is 35.0 Å². The van der Waals surface area contributed by atoms with E-state index in [9.17, 15) is 10.1 Å². The number of nitriles is 1. The number of nitrogens with zero attached hydrogens (tertiary/aromatic N) is 3. The molecule has 0 saturated carbocycles. The predicted molar refractivity (Wildman–Crippen MR) is 79.4 cm³/mol. The lowest BCUT2D eigenvalue weighted by Crippen LogP contribution is -2.23. The Morgan fingerprint density at radius 2 is 2.33 bits per heavy atom. The van der Waals surface area contributed by atoms with Gasteiger partial charge in [0.2, 0.25) is 0 Å². The molecule has 1 fully saturated rings. The number of carbonyl (C=O) groups is 1. The molecule has 6 heteroatoms. The highest BCUT2D eigenvalue weighted by atomic mass is 35.5. The molecule has 1 aliphatic rings. The summed E-state index contributed by atoms with van der Waals surface area (Å²) in [7, 11) is 0. The summed E-state index contributed by atoms with van der Waals surface area (Å²) in [5.74, 6) is -1.20. The van der Waals surface area contributed by atoms with Crippen LogP contribution in [-0.2, 0) is 4.79 Å². The maximum atomic E-state index is 11.1. The molecular formula is C15H12ClN3O2. The summed E-state index contributed by atoms with van der Waals surface area (Å²) in [6.45, 7) is 1.01. The van der Waals surface area contributed by atoms with Crippen LogP contribution in [0.5, 0.6) is 0 Å². The number of aromatic nitrogens is 1. The van der Waals surface area contributed by atoms with Gasteiger partial charge in [0, 0.05) is 29.7 Å². The number of aliphatic carboxylic acids is 1. The predicted octanol–water partition coefficient (Wildman–Crippen LogP) is 2.67. The van der Waals surface area contributed by atoms with Crippen LogP contribution in [0.2, 0.25) is 5.02 Å². The van der Waals surface area contributed by atoms with Crippen molar-refractivity contribution in [1.29, 1.82) is 5.26 Å². The smallest absolute Gasteiger partial charge is 0.308 e. The van der Waals surface area contributed by atoms with E-state index in [1.54, 1.807) is 18.2 Å². The zero-order valence-electron chi connectivity index (χ0n) is 11.1. The average molecular weight is 302 g/mol. The zero-order chi connectivity index (χ0) is 15.0. The maximum absolute atomic E-state index is 11.1. The number of hydrogen-bond donors (Lipinski definition) is 1. The van der Waals surface area contributed by atoms with Crippen molar-refractivity contribution < 1.29 is 9.90 Å². The van der Waals surface area contributed by atoms with E-state index >= 15 is 0 Å². The fourth-order valence-electron chi connectivity index (χ4n) is 2.74. The molecule has 21 heavy (non-hydrogen) atoms. The molecule has 1 unspecified atom stereocenters. The second-order valence-electron chi connectivity index (χ2n) is 5.06. The lowest BCUT2D eigenvalue weighted by atomic mass is 10.1. The number of rotatable bonds is 2. The van der Waals surface area contributed by atoms with Gasteiger partial charge < -0.3 is 10.0 Å². The Kier molecular flexibility index (Phi) is 3.40. The van der Waals surface area contributed by atoms with Gasteiger partial charge >= 0.3 is 5.97 Å². The van der Waals surface area contributed by atoms with E-state index in [1.165, 1.54) is 6.20 Å². The number of benzene rings is 1. The Bertz CT molecular complexity index is 769. The minimum absolute atomic E-state index is 0.398. The molecule has 0 radical (unpaired) electrons. The molecule has 1 aliphatic heterocycles. The summed E-state index contributed by atoms with van der Waals surface area (Å²) >= 11 is 6.05. The van der Waals surface area contributed by atoms with Crippen LogP contribution in [0.1, 0.15) is 12.0 Å². The lowest BCUT2D eigenvalue weighted by molar-refractivity contribution is -0.140. The standard InChI is InChI=1S/C15H12ClN3O2/c16-11-1-2-13-12(5-11)14(10(6-17)7-18-13)19-4-3-9(8-19)15(20)21/h1-2,5,7,9H,3-4,8H2,(H,20,21). The first kappa shape index (κ1) is 13.7. The van der Waals surface area contributed by atoms with Crippen molar-refractivity contribution >= 4 is 34.2 Å². The first-order valence-electron chi connectivity index (χ1n) is 6.56. The molecule has 2 aromatic rings. The molecule has 1 aromatic heterocycles. The Labute approximate surface area is 126 Å². The molecule has 1 saturated heterocycles. The van der Waals surface area contributed by atoms with Crippen molar-refractivity contribution in [3.63, 3.8) is 0 Å². The molecule has 0 spiro atoms. The molecule has 2 heterocycles. The summed E-state index contributed by atoms with van der Waals surface area (Å²) in [4.78, 5) is 17.3. The van der Waals surface area contributed by atoms with E-state index in [0.29, 0.717) is 30.1 Å². The number of carboxylic acids is 1. The third-order valence-electron chi connectivity index (χ3n) is 3.78. The van der Waals surface area contributed by atoms with Gasteiger partial charge in [0.15, 0.2) is 0 Å². The molecule has 0 aliphatic carbocycles. The Morgan fingerprint density at radius 3 is 3.00 bits per heavy atom. The topological polar surface area (TPSA) is 77.2 Å². The van der Waals surface area contributed by atoms with E-state index in [0.717, 1.165) is 16.6 Å². The van der Waals surface area contributed by atoms with E-state index in [4.69, 9.17) is 16.7 Å². The van der Waals surface area contributed by atoms with E-state index in [2.05, 4.69) is 11.1 Å². The van der Waals surface area contributed by atoms with Crippen molar-refractivity contribution in [1.82, 2.24) is 4.98 Å². The SMILES string of the molecule is N#Cc1cnc2ccc(Cl)cc2c1N1CCC(C(=O)O)C1. The van der Waals surface area contributed by atoms with Crippen LogP contribution in [0.25, 0.3) is 10.9 Å². The number of hydrogen-bond acceptors (Lipinski definition) is 4. The fraction of sp³-hybridized carbons (Fsp3) is 0.267. The van der Waals surface area contributed by atoms with Gasteiger partial charge in [-0.05, 0) is 24.6 Å². The van der Waals surface area contributed by atoms with Crippen LogP contribution in [0.15, 0.2) is 24.4 Å². The molecular weight excluding hydrogens is 290 g/mol. The van der Waals surface area contributed by atoms with E-state index < -0.39 is 11.9 Å². The molecule has 1 atom stereocenters. The quantitative estimate of drug-likeness (QED) is 0.922. The number of anilines is 1. The molecule has 3 rings (SSSR count). The Balaban J connectivity index is 2.14. The Hall–Kier alpha value is -2.32. The van der Waals surface area contributed by atoms with Crippen LogP contribution >= 0.6 is 11.6 Å². The third kappa shape index (κ3) is 2.39. The minimum Gasteiger partial charge on any atom is -0.481 e. The number of carboxylic acid groups (broad SMARTS) is 1. The van der Waals surface area contributed by atoms with Crippen molar-refractivity contribution in [2.24, 2.45) is 5.92 Å². The van der Waals surface area contributed by atoms with Gasteiger partial charge in [-0.25, -0.2) is 0 Å². The van der Waals surface area contributed by atoms with Crippen LogP contribution in [-0.4, -0.2) is 29.1 Å². The number of halogens is 1. The summed E-state index contributed by atoms with van der Waals surface area (Å²) < 4.78 is 0. The molecule has 106 valence electrons. The van der Waals surface area contributed by atoms with Gasteiger partial charge in [0.1, 0.15) is 6.07 Å². The van der Waals surface area contributed by atoms with E-state index in [-0.39, 0.29) is 0 Å². The van der Waals surface area contributed by atoms with Gasteiger partial charge in [-0.3, -0.25) is 9.78 Å². The largest absolute Gasteiger partial charge is 0.481 e. The second-order valence-corrected chi connectivity index (χ2v) is 5.50. The summed E-state index contributed by atoms with van der Waals surface area (Å²) in [6.07, 6.45) is 2.10.